The van der Waals surface area contributed by atoms with Crippen molar-refractivity contribution in [3.63, 3.8) is 0 Å². The lowest BCUT2D eigenvalue weighted by atomic mass is 10.0. The van der Waals surface area contributed by atoms with Gasteiger partial charge in [0.15, 0.2) is 5.11 Å². The third-order valence-corrected chi connectivity index (χ3v) is 6.14. The van der Waals surface area contributed by atoms with Crippen LogP contribution in [-0.4, -0.2) is 16.7 Å². The Morgan fingerprint density at radius 2 is 1.82 bits per heavy atom. The highest BCUT2D eigenvalue weighted by atomic mass is 35.5. The van der Waals surface area contributed by atoms with Crippen LogP contribution in [-0.2, 0) is 0 Å². The van der Waals surface area contributed by atoms with Gasteiger partial charge in [-0.05, 0) is 91.9 Å². The number of hydrogen-bond donors (Lipinski definition) is 1. The number of nitrogens with one attached hydrogen (secondary N) is 1. The van der Waals surface area contributed by atoms with Crippen LogP contribution >= 0.6 is 23.8 Å². The zero-order chi connectivity index (χ0) is 22.8. The largest absolute Gasteiger partial charge is 0.494 e. The molecule has 166 valence electrons. The summed E-state index contributed by atoms with van der Waals surface area (Å²) >= 11 is 11.8. The summed E-state index contributed by atoms with van der Waals surface area (Å²) in [5.41, 5.74) is 2.80. The molecule has 0 spiro atoms. The Labute approximate surface area is 203 Å². The highest BCUT2D eigenvalue weighted by Gasteiger charge is 2.42. The number of ether oxygens (including phenoxy) is 1. The molecular formula is C26H22ClN3O2S. The topological polar surface area (TPSA) is 50.5 Å². The van der Waals surface area contributed by atoms with Gasteiger partial charge in [-0.25, -0.2) is 0 Å². The van der Waals surface area contributed by atoms with E-state index in [4.69, 9.17) is 33.0 Å². The van der Waals surface area contributed by atoms with Crippen molar-refractivity contribution in [3.05, 3.63) is 102 Å². The second-order valence-corrected chi connectivity index (χ2v) is 8.46. The summed E-state index contributed by atoms with van der Waals surface area (Å²) in [5.74, 6) is 2.38. The van der Waals surface area contributed by atoms with Crippen molar-refractivity contribution in [3.8, 4) is 17.1 Å². The maximum Gasteiger partial charge on any atom is 0.174 e. The van der Waals surface area contributed by atoms with Gasteiger partial charge in [-0.3, -0.25) is 4.98 Å². The predicted octanol–water partition coefficient (Wildman–Crippen LogP) is 6.57. The van der Waals surface area contributed by atoms with Gasteiger partial charge < -0.3 is 19.4 Å². The number of nitrogens with zero attached hydrogens (tertiary/aromatic N) is 2. The van der Waals surface area contributed by atoms with Gasteiger partial charge in [-0.2, -0.15) is 0 Å². The standard InChI is InChI=1S/C26H22ClN3O2S/c1-2-31-20-12-10-19(11-13-20)30-25(24(29-26(30)33)21-5-3-4-16-28-21)23-15-14-22(32-23)17-6-8-18(27)9-7-17/h3-16,24-25H,2H2,1H3,(H,29,33)/t24-,25+/m1/s1. The van der Waals surface area contributed by atoms with E-state index in [0.717, 1.165) is 34.2 Å². The Morgan fingerprint density at radius 3 is 2.52 bits per heavy atom. The Morgan fingerprint density at radius 1 is 1.03 bits per heavy atom. The van der Waals surface area contributed by atoms with Crippen LogP contribution in [0.2, 0.25) is 5.02 Å². The fourth-order valence-electron chi connectivity index (χ4n) is 4.07. The van der Waals surface area contributed by atoms with E-state index in [1.165, 1.54) is 0 Å². The van der Waals surface area contributed by atoms with Gasteiger partial charge in [0, 0.05) is 22.5 Å². The Balaban J connectivity index is 1.55. The summed E-state index contributed by atoms with van der Waals surface area (Å²) < 4.78 is 12.0. The molecule has 0 unspecified atom stereocenters. The first kappa shape index (κ1) is 21.5. The Hall–Kier alpha value is -3.35. The second kappa shape index (κ2) is 9.25. The molecule has 2 aromatic carbocycles. The number of hydrogen-bond acceptors (Lipinski definition) is 4. The predicted molar refractivity (Wildman–Crippen MR) is 135 cm³/mol. The minimum Gasteiger partial charge on any atom is -0.494 e. The van der Waals surface area contributed by atoms with E-state index < -0.39 is 0 Å². The number of rotatable bonds is 6. The molecule has 2 aromatic heterocycles. The average Bonchev–Trinajstić information content (AvgIpc) is 3.46. The third-order valence-electron chi connectivity index (χ3n) is 5.57. The van der Waals surface area contributed by atoms with Crippen molar-refractivity contribution < 1.29 is 9.15 Å². The van der Waals surface area contributed by atoms with Gasteiger partial charge in [0.25, 0.3) is 0 Å². The summed E-state index contributed by atoms with van der Waals surface area (Å²) in [7, 11) is 0. The average molecular weight is 476 g/mol. The molecule has 1 aliphatic rings. The molecule has 1 N–H and O–H groups in total. The minimum atomic E-state index is -0.216. The monoisotopic (exact) mass is 475 g/mol. The first-order valence-electron chi connectivity index (χ1n) is 10.7. The van der Waals surface area contributed by atoms with Crippen molar-refractivity contribution in [2.24, 2.45) is 0 Å². The van der Waals surface area contributed by atoms with Gasteiger partial charge >= 0.3 is 0 Å². The molecule has 1 fully saturated rings. The first-order valence-corrected chi connectivity index (χ1v) is 11.5. The van der Waals surface area contributed by atoms with Crippen LogP contribution in [0.3, 0.4) is 0 Å². The van der Waals surface area contributed by atoms with Crippen molar-refractivity contribution in [1.82, 2.24) is 10.3 Å². The maximum absolute atomic E-state index is 6.37. The molecule has 5 rings (SSSR count). The van der Waals surface area contributed by atoms with Crippen LogP contribution in [0.4, 0.5) is 5.69 Å². The molecule has 33 heavy (non-hydrogen) atoms. The molecule has 0 saturated carbocycles. The fourth-order valence-corrected chi connectivity index (χ4v) is 4.54. The third kappa shape index (κ3) is 4.32. The van der Waals surface area contributed by atoms with E-state index in [9.17, 15) is 0 Å². The minimum absolute atomic E-state index is 0.172. The number of pyridine rings is 1. The molecule has 4 aromatic rings. The van der Waals surface area contributed by atoms with Crippen molar-refractivity contribution in [2.75, 3.05) is 11.5 Å². The van der Waals surface area contributed by atoms with Gasteiger partial charge in [-0.1, -0.05) is 17.7 Å². The quantitative estimate of drug-likeness (QED) is 0.318. The summed E-state index contributed by atoms with van der Waals surface area (Å²) in [4.78, 5) is 6.67. The number of anilines is 1. The normalized spacial score (nSPS) is 17.8. The number of halogens is 1. The Bertz CT molecular complexity index is 1240. The van der Waals surface area contributed by atoms with Gasteiger partial charge in [0.1, 0.15) is 23.3 Å². The van der Waals surface area contributed by atoms with E-state index in [-0.39, 0.29) is 12.1 Å². The van der Waals surface area contributed by atoms with Crippen LogP contribution in [0.15, 0.2) is 89.5 Å². The van der Waals surface area contributed by atoms with Crippen LogP contribution in [0.1, 0.15) is 30.5 Å². The summed E-state index contributed by atoms with van der Waals surface area (Å²) in [6.07, 6.45) is 1.79. The second-order valence-electron chi connectivity index (χ2n) is 7.63. The molecule has 0 bridgehead atoms. The SMILES string of the molecule is CCOc1ccc(N2C(=S)N[C@H](c3ccccn3)[C@@H]2c2ccc(-c3ccc(Cl)cc3)o2)cc1. The molecule has 0 amide bonds. The fraction of sp³-hybridized carbons (Fsp3) is 0.154. The van der Waals surface area contributed by atoms with Gasteiger partial charge in [0.2, 0.25) is 0 Å². The Kier molecular flexibility index (Phi) is 6.03. The van der Waals surface area contributed by atoms with Crippen molar-refractivity contribution in [2.45, 2.75) is 19.0 Å². The van der Waals surface area contributed by atoms with Gasteiger partial charge in [0.05, 0.1) is 18.3 Å². The number of benzene rings is 2. The van der Waals surface area contributed by atoms with Crippen molar-refractivity contribution >= 4 is 34.6 Å². The molecular weight excluding hydrogens is 454 g/mol. The van der Waals surface area contributed by atoms with Crippen LogP contribution in [0, 0.1) is 0 Å². The summed E-state index contributed by atoms with van der Waals surface area (Å²) in [6, 6.07) is 25.0. The number of aromatic nitrogens is 1. The lowest BCUT2D eigenvalue weighted by molar-refractivity contribution is 0.340. The molecule has 5 nitrogen and oxygen atoms in total. The lowest BCUT2D eigenvalue weighted by Gasteiger charge is -2.26. The van der Waals surface area contributed by atoms with Crippen molar-refractivity contribution in [1.29, 1.82) is 0 Å². The number of furan rings is 1. The molecule has 1 saturated heterocycles. The summed E-state index contributed by atoms with van der Waals surface area (Å²) in [5, 5.41) is 4.75. The molecule has 3 heterocycles. The first-order chi connectivity index (χ1) is 16.1. The van der Waals surface area contributed by atoms with E-state index in [2.05, 4.69) is 15.2 Å². The zero-order valence-electron chi connectivity index (χ0n) is 17.9. The highest BCUT2D eigenvalue weighted by molar-refractivity contribution is 7.80. The lowest BCUT2D eigenvalue weighted by Crippen LogP contribution is -2.29. The zero-order valence-corrected chi connectivity index (χ0v) is 19.5. The maximum atomic E-state index is 6.37. The molecule has 1 aliphatic heterocycles. The molecule has 0 radical (unpaired) electrons. The number of thiocarbonyl (C=S) groups is 1. The van der Waals surface area contributed by atoms with Crippen LogP contribution < -0.4 is 15.0 Å². The molecule has 2 atom stereocenters. The molecule has 0 aliphatic carbocycles. The van der Waals surface area contributed by atoms with E-state index in [0.29, 0.717) is 16.7 Å². The van der Waals surface area contributed by atoms with E-state index in [1.807, 2.05) is 85.8 Å². The summed E-state index contributed by atoms with van der Waals surface area (Å²) in [6.45, 7) is 2.59. The molecule has 7 heteroatoms. The smallest absolute Gasteiger partial charge is 0.174 e. The van der Waals surface area contributed by atoms with E-state index >= 15 is 0 Å². The van der Waals surface area contributed by atoms with Crippen LogP contribution in [0.25, 0.3) is 11.3 Å². The highest BCUT2D eigenvalue weighted by Crippen LogP contribution is 2.43. The van der Waals surface area contributed by atoms with Gasteiger partial charge in [-0.15, -0.1) is 0 Å². The van der Waals surface area contributed by atoms with E-state index in [1.54, 1.807) is 6.20 Å². The van der Waals surface area contributed by atoms with Crippen LogP contribution in [0.5, 0.6) is 5.75 Å².